The fourth-order valence-electron chi connectivity index (χ4n) is 2.45. The number of aromatic nitrogens is 2. The molecule has 0 spiro atoms. The van der Waals surface area contributed by atoms with E-state index >= 15 is 0 Å². The SMILES string of the molecule is CC(=O)NCc1ccc(C(=O)Cn2cnc3sc(C)c(C)c3c2=O)s1. The minimum Gasteiger partial charge on any atom is -0.351 e. The molecule has 0 bridgehead atoms. The molecule has 3 aromatic heterocycles. The standard InChI is InChI=1S/C17H17N3O3S2/c1-9-10(2)24-16-15(9)17(23)20(8-19-16)7-13(22)14-5-4-12(25-14)6-18-11(3)21/h4-5,8H,6-7H2,1-3H3,(H,18,21). The van der Waals surface area contributed by atoms with E-state index in [1.54, 1.807) is 6.07 Å². The van der Waals surface area contributed by atoms with Crippen LogP contribution in [0.25, 0.3) is 10.2 Å². The van der Waals surface area contributed by atoms with E-state index in [1.807, 2.05) is 19.9 Å². The van der Waals surface area contributed by atoms with Crippen LogP contribution in [-0.4, -0.2) is 21.2 Å². The predicted molar refractivity (Wildman–Crippen MR) is 99.5 cm³/mol. The summed E-state index contributed by atoms with van der Waals surface area (Å²) in [6.07, 6.45) is 1.43. The quantitative estimate of drug-likeness (QED) is 0.695. The molecule has 0 aromatic carbocycles. The van der Waals surface area contributed by atoms with Gasteiger partial charge in [0.05, 0.1) is 29.7 Å². The first-order chi connectivity index (χ1) is 11.9. The Bertz CT molecular complexity index is 1030. The summed E-state index contributed by atoms with van der Waals surface area (Å²) in [6, 6.07) is 3.53. The molecule has 130 valence electrons. The summed E-state index contributed by atoms with van der Waals surface area (Å²) >= 11 is 2.81. The summed E-state index contributed by atoms with van der Waals surface area (Å²) in [5, 5.41) is 3.29. The van der Waals surface area contributed by atoms with Crippen molar-refractivity contribution in [3.05, 3.63) is 49.0 Å². The molecule has 1 amide bonds. The lowest BCUT2D eigenvalue weighted by Crippen LogP contribution is -2.24. The van der Waals surface area contributed by atoms with Gasteiger partial charge in [0.15, 0.2) is 5.78 Å². The zero-order chi connectivity index (χ0) is 18.1. The normalized spacial score (nSPS) is 11.0. The molecule has 8 heteroatoms. The Morgan fingerprint density at radius 3 is 2.72 bits per heavy atom. The highest BCUT2D eigenvalue weighted by molar-refractivity contribution is 7.18. The van der Waals surface area contributed by atoms with E-state index in [1.165, 1.54) is 40.5 Å². The first kappa shape index (κ1) is 17.5. The van der Waals surface area contributed by atoms with Crippen LogP contribution >= 0.6 is 22.7 Å². The van der Waals surface area contributed by atoms with Crippen LogP contribution in [0.3, 0.4) is 0 Å². The summed E-state index contributed by atoms with van der Waals surface area (Å²) in [7, 11) is 0. The highest BCUT2D eigenvalue weighted by atomic mass is 32.1. The van der Waals surface area contributed by atoms with E-state index in [0.29, 0.717) is 21.6 Å². The molecule has 3 aromatic rings. The Balaban J connectivity index is 1.83. The van der Waals surface area contributed by atoms with E-state index in [-0.39, 0.29) is 23.8 Å². The van der Waals surface area contributed by atoms with Gasteiger partial charge in [-0.3, -0.25) is 19.0 Å². The molecule has 0 atom stereocenters. The molecule has 0 saturated carbocycles. The van der Waals surface area contributed by atoms with Gasteiger partial charge < -0.3 is 5.32 Å². The molecular weight excluding hydrogens is 358 g/mol. The van der Waals surface area contributed by atoms with E-state index in [2.05, 4.69) is 10.3 Å². The van der Waals surface area contributed by atoms with Gasteiger partial charge in [-0.05, 0) is 31.5 Å². The van der Waals surface area contributed by atoms with Gasteiger partial charge in [0, 0.05) is 16.7 Å². The van der Waals surface area contributed by atoms with Crippen LogP contribution in [0.4, 0.5) is 0 Å². The van der Waals surface area contributed by atoms with E-state index < -0.39 is 0 Å². The number of hydrogen-bond acceptors (Lipinski definition) is 6. The summed E-state index contributed by atoms with van der Waals surface area (Å²) in [5.74, 6) is -0.263. The maximum atomic E-state index is 12.6. The summed E-state index contributed by atoms with van der Waals surface area (Å²) in [6.45, 7) is 5.66. The highest BCUT2D eigenvalue weighted by Crippen LogP contribution is 2.25. The third-order valence-corrected chi connectivity index (χ3v) is 6.16. The maximum Gasteiger partial charge on any atom is 0.262 e. The number of hydrogen-bond donors (Lipinski definition) is 1. The Morgan fingerprint density at radius 1 is 1.24 bits per heavy atom. The smallest absolute Gasteiger partial charge is 0.262 e. The molecule has 6 nitrogen and oxygen atoms in total. The second-order valence-corrected chi connectivity index (χ2v) is 8.11. The lowest BCUT2D eigenvalue weighted by molar-refractivity contribution is -0.119. The number of carbonyl (C=O) groups is 2. The Labute approximate surface area is 152 Å². The van der Waals surface area contributed by atoms with Crippen LogP contribution in [0, 0.1) is 13.8 Å². The number of thiophene rings is 2. The summed E-state index contributed by atoms with van der Waals surface area (Å²) < 4.78 is 1.36. The van der Waals surface area contributed by atoms with Crippen molar-refractivity contribution in [3.8, 4) is 0 Å². The van der Waals surface area contributed by atoms with E-state index in [4.69, 9.17) is 0 Å². The number of aryl methyl sites for hydroxylation is 2. The lowest BCUT2D eigenvalue weighted by Gasteiger charge is -2.04. The molecule has 25 heavy (non-hydrogen) atoms. The number of ketones is 1. The van der Waals surface area contributed by atoms with Gasteiger partial charge in [-0.25, -0.2) is 4.98 Å². The third-order valence-electron chi connectivity index (χ3n) is 3.92. The van der Waals surface area contributed by atoms with E-state index in [0.717, 1.165) is 15.3 Å². The maximum absolute atomic E-state index is 12.6. The average Bonchev–Trinajstić information content (AvgIpc) is 3.14. The Kier molecular flexibility index (Phi) is 4.82. The largest absolute Gasteiger partial charge is 0.351 e. The molecule has 0 fully saturated rings. The van der Waals surface area contributed by atoms with Gasteiger partial charge in [0.1, 0.15) is 4.83 Å². The van der Waals surface area contributed by atoms with Crippen LogP contribution in [0.2, 0.25) is 0 Å². The first-order valence-electron chi connectivity index (χ1n) is 7.68. The second-order valence-electron chi connectivity index (χ2n) is 5.74. The fourth-order valence-corrected chi connectivity index (χ4v) is 4.31. The monoisotopic (exact) mass is 375 g/mol. The number of amides is 1. The second kappa shape index (κ2) is 6.89. The van der Waals surface area contributed by atoms with Crippen molar-refractivity contribution in [1.29, 1.82) is 0 Å². The van der Waals surface area contributed by atoms with Gasteiger partial charge in [-0.1, -0.05) is 0 Å². The van der Waals surface area contributed by atoms with Crippen molar-refractivity contribution in [2.75, 3.05) is 0 Å². The minimum absolute atomic E-state index is 0.0454. The van der Waals surface area contributed by atoms with Gasteiger partial charge in [-0.15, -0.1) is 22.7 Å². The number of nitrogens with zero attached hydrogens (tertiary/aromatic N) is 2. The van der Waals surface area contributed by atoms with Crippen LogP contribution < -0.4 is 10.9 Å². The van der Waals surface area contributed by atoms with Gasteiger partial charge in [-0.2, -0.15) is 0 Å². The molecule has 0 saturated heterocycles. The molecule has 1 N–H and O–H groups in total. The minimum atomic E-state index is -0.185. The number of carbonyl (C=O) groups excluding carboxylic acids is 2. The zero-order valence-corrected chi connectivity index (χ0v) is 15.7. The van der Waals surface area contributed by atoms with Gasteiger partial charge in [0.25, 0.3) is 5.56 Å². The molecule has 3 rings (SSSR count). The number of rotatable bonds is 5. The van der Waals surface area contributed by atoms with Crippen LogP contribution in [0.15, 0.2) is 23.3 Å². The van der Waals surface area contributed by atoms with Gasteiger partial charge >= 0.3 is 0 Å². The van der Waals surface area contributed by atoms with Crippen molar-refractivity contribution in [1.82, 2.24) is 14.9 Å². The first-order valence-corrected chi connectivity index (χ1v) is 9.31. The van der Waals surface area contributed by atoms with Crippen molar-refractivity contribution in [3.63, 3.8) is 0 Å². The third kappa shape index (κ3) is 3.54. The Hall–Kier alpha value is -2.32. The molecule has 0 aliphatic rings. The van der Waals surface area contributed by atoms with Crippen molar-refractivity contribution in [2.24, 2.45) is 0 Å². The molecule has 0 unspecified atom stereocenters. The highest BCUT2D eigenvalue weighted by Gasteiger charge is 2.15. The molecule has 0 aliphatic carbocycles. The summed E-state index contributed by atoms with van der Waals surface area (Å²) in [5.41, 5.74) is 0.739. The van der Waals surface area contributed by atoms with Crippen LogP contribution in [0.1, 0.15) is 31.9 Å². The zero-order valence-electron chi connectivity index (χ0n) is 14.1. The molecule has 3 heterocycles. The average molecular weight is 375 g/mol. The molecular formula is C17H17N3O3S2. The fraction of sp³-hybridized carbons (Fsp3) is 0.294. The van der Waals surface area contributed by atoms with Crippen molar-refractivity contribution < 1.29 is 9.59 Å². The summed E-state index contributed by atoms with van der Waals surface area (Å²) in [4.78, 5) is 43.6. The molecule has 0 aliphatic heterocycles. The van der Waals surface area contributed by atoms with E-state index in [9.17, 15) is 14.4 Å². The van der Waals surface area contributed by atoms with Crippen LogP contribution in [0.5, 0.6) is 0 Å². The number of nitrogens with one attached hydrogen (secondary N) is 1. The molecule has 0 radical (unpaired) electrons. The van der Waals surface area contributed by atoms with Crippen LogP contribution in [-0.2, 0) is 17.9 Å². The number of fused-ring (bicyclic) bond motifs is 1. The topological polar surface area (TPSA) is 81.1 Å². The van der Waals surface area contributed by atoms with Crippen molar-refractivity contribution >= 4 is 44.6 Å². The Morgan fingerprint density at radius 2 is 2.00 bits per heavy atom. The van der Waals surface area contributed by atoms with Crippen molar-refractivity contribution in [2.45, 2.75) is 33.9 Å². The van der Waals surface area contributed by atoms with Gasteiger partial charge in [0.2, 0.25) is 5.91 Å². The number of Topliss-reactive ketones (excluding diaryl/α,β-unsaturated/α-hetero) is 1. The predicted octanol–water partition coefficient (Wildman–Crippen LogP) is 2.66. The lowest BCUT2D eigenvalue weighted by atomic mass is 10.2.